The molecule has 1 aromatic carbocycles. The molecule has 140 valence electrons. The molecule has 0 bridgehead atoms. The minimum absolute atomic E-state index is 0.119. The second-order valence-electron chi connectivity index (χ2n) is 7.56. The van der Waals surface area contributed by atoms with Crippen molar-refractivity contribution in [3.8, 4) is 0 Å². The fraction of sp³-hybridized carbons (Fsp3) is 0.471. The molecule has 1 atom stereocenters. The van der Waals surface area contributed by atoms with Crippen LogP contribution in [-0.2, 0) is 15.3 Å². The lowest BCUT2D eigenvalue weighted by Crippen LogP contribution is -2.64. The fourth-order valence-corrected chi connectivity index (χ4v) is 2.84. The van der Waals surface area contributed by atoms with Gasteiger partial charge in [-0.15, -0.1) is 0 Å². The van der Waals surface area contributed by atoms with E-state index in [4.69, 9.17) is 0 Å². The number of anilines is 1. The van der Waals surface area contributed by atoms with Crippen LogP contribution < -0.4 is 10.6 Å². The van der Waals surface area contributed by atoms with Crippen LogP contribution in [0.2, 0.25) is 0 Å². The third-order valence-electron chi connectivity index (χ3n) is 4.55. The Morgan fingerprint density at radius 3 is 2.31 bits per heavy atom. The van der Waals surface area contributed by atoms with Gasteiger partial charge in [-0.2, -0.15) is 13.2 Å². The summed E-state index contributed by atoms with van der Waals surface area (Å²) in [7, 11) is 0. The van der Waals surface area contributed by atoms with Gasteiger partial charge in [0.2, 0.25) is 11.9 Å². The summed E-state index contributed by atoms with van der Waals surface area (Å²) in [4.78, 5) is 28.9. The predicted octanol–water partition coefficient (Wildman–Crippen LogP) is 2.98. The molecule has 3 rings (SSSR count). The Bertz CT molecular complexity index is 940. The number of nitrogens with one attached hydrogen (secondary N) is 2. The van der Waals surface area contributed by atoms with Gasteiger partial charge in [-0.1, -0.05) is 20.8 Å². The SMILES string of the molecule is Cc1cc2nc3n(c2cc1C)C(NC(=O)C(C)(C)C)(C(F)(F)F)C(=O)N3. The van der Waals surface area contributed by atoms with Crippen molar-refractivity contribution in [2.24, 2.45) is 5.41 Å². The molecule has 26 heavy (non-hydrogen) atoms. The Morgan fingerprint density at radius 1 is 1.19 bits per heavy atom. The molecule has 2 amide bonds. The first-order chi connectivity index (χ1) is 11.8. The van der Waals surface area contributed by atoms with Crippen molar-refractivity contribution in [1.82, 2.24) is 14.9 Å². The summed E-state index contributed by atoms with van der Waals surface area (Å²) in [6.07, 6.45) is -5.07. The highest BCUT2D eigenvalue weighted by atomic mass is 19.4. The van der Waals surface area contributed by atoms with Crippen molar-refractivity contribution < 1.29 is 22.8 Å². The lowest BCUT2D eigenvalue weighted by atomic mass is 9.94. The fourth-order valence-electron chi connectivity index (χ4n) is 2.84. The number of amides is 2. The molecule has 2 aromatic rings. The Kier molecular flexibility index (Phi) is 3.65. The van der Waals surface area contributed by atoms with E-state index in [1.54, 1.807) is 13.0 Å². The molecule has 0 spiro atoms. The number of aromatic nitrogens is 2. The first kappa shape index (κ1) is 18.2. The van der Waals surface area contributed by atoms with E-state index in [9.17, 15) is 22.8 Å². The molecule has 9 heteroatoms. The first-order valence-corrected chi connectivity index (χ1v) is 8.00. The largest absolute Gasteiger partial charge is 0.440 e. The molecule has 6 nitrogen and oxygen atoms in total. The summed E-state index contributed by atoms with van der Waals surface area (Å²) in [6, 6.07) is 3.18. The van der Waals surface area contributed by atoms with Gasteiger partial charge in [-0.05, 0) is 37.1 Å². The smallest absolute Gasteiger partial charge is 0.317 e. The molecule has 1 aliphatic heterocycles. The molecule has 1 aromatic heterocycles. The van der Waals surface area contributed by atoms with Gasteiger partial charge in [0.25, 0.3) is 11.6 Å². The quantitative estimate of drug-likeness (QED) is 0.813. The van der Waals surface area contributed by atoms with Gasteiger partial charge in [0, 0.05) is 5.41 Å². The van der Waals surface area contributed by atoms with Crippen molar-refractivity contribution in [2.75, 3.05) is 5.32 Å². The van der Waals surface area contributed by atoms with Crippen LogP contribution >= 0.6 is 0 Å². The number of rotatable bonds is 1. The zero-order chi connectivity index (χ0) is 19.7. The number of hydrogen-bond donors (Lipinski definition) is 2. The summed E-state index contributed by atoms with van der Waals surface area (Å²) in [5, 5.41) is 4.10. The number of halogens is 3. The molecule has 0 saturated carbocycles. The van der Waals surface area contributed by atoms with Gasteiger partial charge < -0.3 is 5.32 Å². The average molecular weight is 368 g/mol. The third kappa shape index (κ3) is 2.37. The number of carbonyl (C=O) groups excluding carboxylic acids is 2. The van der Waals surface area contributed by atoms with Crippen LogP contribution in [0.15, 0.2) is 12.1 Å². The monoisotopic (exact) mass is 368 g/mol. The second kappa shape index (κ2) is 5.21. The topological polar surface area (TPSA) is 76.0 Å². The number of imidazole rings is 1. The third-order valence-corrected chi connectivity index (χ3v) is 4.55. The second-order valence-corrected chi connectivity index (χ2v) is 7.56. The van der Waals surface area contributed by atoms with E-state index < -0.39 is 29.1 Å². The molecule has 2 heterocycles. The predicted molar refractivity (Wildman–Crippen MR) is 89.5 cm³/mol. The summed E-state index contributed by atoms with van der Waals surface area (Å²) in [5.74, 6) is -2.53. The maximum atomic E-state index is 14.2. The highest BCUT2D eigenvalue weighted by Crippen LogP contribution is 2.44. The highest BCUT2D eigenvalue weighted by molar-refractivity contribution is 6.05. The van der Waals surface area contributed by atoms with Crippen LogP contribution in [0.4, 0.5) is 19.1 Å². The summed E-state index contributed by atoms with van der Waals surface area (Å²) in [5.41, 5.74) is -2.34. The Morgan fingerprint density at radius 2 is 1.77 bits per heavy atom. The van der Waals surface area contributed by atoms with Crippen LogP contribution in [-0.4, -0.2) is 27.5 Å². The van der Waals surface area contributed by atoms with Crippen molar-refractivity contribution in [1.29, 1.82) is 0 Å². The number of benzene rings is 1. The Hall–Kier alpha value is -2.58. The molecule has 0 aliphatic carbocycles. The van der Waals surface area contributed by atoms with Gasteiger partial charge in [-0.25, -0.2) is 4.98 Å². The van der Waals surface area contributed by atoms with E-state index in [1.807, 2.05) is 12.2 Å². The van der Waals surface area contributed by atoms with Crippen molar-refractivity contribution in [3.05, 3.63) is 23.3 Å². The summed E-state index contributed by atoms with van der Waals surface area (Å²) >= 11 is 0. The van der Waals surface area contributed by atoms with Gasteiger partial charge in [-0.3, -0.25) is 19.5 Å². The normalized spacial score (nSPS) is 20.2. The van der Waals surface area contributed by atoms with E-state index in [-0.39, 0.29) is 11.5 Å². The van der Waals surface area contributed by atoms with Crippen LogP contribution in [0.3, 0.4) is 0 Å². The van der Waals surface area contributed by atoms with Gasteiger partial charge in [0.05, 0.1) is 11.0 Å². The lowest BCUT2D eigenvalue weighted by molar-refractivity contribution is -0.218. The zero-order valence-corrected chi connectivity index (χ0v) is 15.0. The van der Waals surface area contributed by atoms with E-state index in [2.05, 4.69) is 10.3 Å². The number of carbonyl (C=O) groups is 2. The molecular weight excluding hydrogens is 349 g/mol. The molecule has 0 saturated heterocycles. The summed E-state index contributed by atoms with van der Waals surface area (Å²) in [6.45, 7) is 7.98. The standard InChI is InChI=1S/C17H19F3N4O2/c1-8-6-10-11(7-9(8)2)24-14(21-10)22-13(26)16(24,17(18,19)20)23-12(25)15(3,4)5/h6-7H,1-5H3,(H,23,25)(H,21,22,26). The maximum absolute atomic E-state index is 14.2. The summed E-state index contributed by atoms with van der Waals surface area (Å²) < 4.78 is 43.2. The van der Waals surface area contributed by atoms with Crippen molar-refractivity contribution >= 4 is 28.8 Å². The van der Waals surface area contributed by atoms with E-state index >= 15 is 0 Å². The molecule has 1 unspecified atom stereocenters. The van der Waals surface area contributed by atoms with E-state index in [1.165, 1.54) is 26.8 Å². The molecule has 0 fully saturated rings. The number of fused-ring (bicyclic) bond motifs is 3. The number of aryl methyl sites for hydroxylation is 2. The van der Waals surface area contributed by atoms with Crippen molar-refractivity contribution in [3.63, 3.8) is 0 Å². The number of nitrogens with zero attached hydrogens (tertiary/aromatic N) is 2. The highest BCUT2D eigenvalue weighted by Gasteiger charge is 2.68. The zero-order valence-electron chi connectivity index (χ0n) is 15.0. The molecule has 1 aliphatic rings. The van der Waals surface area contributed by atoms with Gasteiger partial charge >= 0.3 is 6.18 Å². The van der Waals surface area contributed by atoms with E-state index in [0.717, 1.165) is 15.7 Å². The van der Waals surface area contributed by atoms with Crippen LogP contribution in [0.25, 0.3) is 11.0 Å². The Labute approximate surface area is 147 Å². The minimum Gasteiger partial charge on any atom is -0.317 e. The molecular formula is C17H19F3N4O2. The average Bonchev–Trinajstić information content (AvgIpc) is 2.93. The maximum Gasteiger partial charge on any atom is 0.440 e. The molecule has 2 N–H and O–H groups in total. The van der Waals surface area contributed by atoms with Crippen LogP contribution in [0, 0.1) is 19.3 Å². The van der Waals surface area contributed by atoms with Crippen molar-refractivity contribution in [2.45, 2.75) is 46.5 Å². The Balaban J connectivity index is 2.32. The molecule has 0 radical (unpaired) electrons. The number of hydrogen-bond acceptors (Lipinski definition) is 3. The number of alkyl halides is 3. The van der Waals surface area contributed by atoms with E-state index in [0.29, 0.717) is 5.52 Å². The van der Waals surface area contributed by atoms with Crippen LogP contribution in [0.1, 0.15) is 31.9 Å². The van der Waals surface area contributed by atoms with Gasteiger partial charge in [0.15, 0.2) is 0 Å². The van der Waals surface area contributed by atoms with Gasteiger partial charge in [0.1, 0.15) is 0 Å². The minimum atomic E-state index is -5.07. The lowest BCUT2D eigenvalue weighted by Gasteiger charge is -2.34. The first-order valence-electron chi connectivity index (χ1n) is 8.00. The van der Waals surface area contributed by atoms with Crippen LogP contribution in [0.5, 0.6) is 0 Å².